The standard InChI is InChI=1S/C31H48N2O2/c1-5-6-7-8-9-10-11-12-13-14-15-16-17-18-19-20-31(34)33-26-27(23-24-32(2)3)29-25-28(35-4)21-22-30(29)33/h9-10,12-13,21-22,25-26H,5-8,11,14-20,23-24H2,1-4H3/b10-9-,13-12-/i2D3,3D3,23D2,24D2. The first kappa shape index (κ1) is 17.2. The average Bonchev–Trinajstić information content (AvgIpc) is 3.32. The highest BCUT2D eigenvalue weighted by Gasteiger charge is 2.14. The van der Waals surface area contributed by atoms with Crippen LogP contribution in [0.1, 0.15) is 108 Å². The third-order valence-corrected chi connectivity index (χ3v) is 5.92. The number of allylic oxidation sites excluding steroid dienone is 4. The molecule has 4 heteroatoms. The fourth-order valence-electron chi connectivity index (χ4n) is 3.97. The summed E-state index contributed by atoms with van der Waals surface area (Å²) in [5.41, 5.74) is -0.0688. The monoisotopic (exact) mass is 490 g/mol. The molecule has 2 aromatic rings. The number of aromatic nitrogens is 1. The van der Waals surface area contributed by atoms with E-state index in [0.29, 0.717) is 12.2 Å². The largest absolute Gasteiger partial charge is 0.497 e. The number of rotatable bonds is 18. The lowest BCUT2D eigenvalue weighted by Crippen LogP contribution is -2.15. The Morgan fingerprint density at radius 1 is 1.03 bits per heavy atom. The highest BCUT2D eigenvalue weighted by Crippen LogP contribution is 2.27. The van der Waals surface area contributed by atoms with Crippen LogP contribution in [0.15, 0.2) is 48.7 Å². The molecular weight excluding hydrogens is 432 g/mol. The maximum atomic E-state index is 13.3. The average molecular weight is 491 g/mol. The first-order chi connectivity index (χ1) is 21.0. The summed E-state index contributed by atoms with van der Waals surface area (Å²) in [6.45, 7) is -8.27. The Morgan fingerprint density at radius 3 is 2.46 bits per heavy atom. The van der Waals surface area contributed by atoms with Crippen LogP contribution in [0.2, 0.25) is 0 Å². The first-order valence-electron chi connectivity index (χ1n) is 17.8. The molecule has 0 N–H and O–H groups in total. The van der Waals surface area contributed by atoms with E-state index in [9.17, 15) is 4.79 Å². The van der Waals surface area contributed by atoms with E-state index >= 15 is 0 Å². The fourth-order valence-corrected chi connectivity index (χ4v) is 3.97. The topological polar surface area (TPSA) is 34.5 Å². The van der Waals surface area contributed by atoms with E-state index in [-0.39, 0.29) is 28.8 Å². The molecule has 0 amide bonds. The van der Waals surface area contributed by atoms with Crippen LogP contribution in [-0.4, -0.2) is 42.9 Å². The second kappa shape index (κ2) is 17.2. The van der Waals surface area contributed by atoms with Gasteiger partial charge in [-0.2, -0.15) is 0 Å². The number of unbranched alkanes of at least 4 members (excludes halogenated alkanes) is 8. The molecule has 0 bridgehead atoms. The summed E-state index contributed by atoms with van der Waals surface area (Å²) in [5, 5.41) is 0.118. The highest BCUT2D eigenvalue weighted by atomic mass is 16.5. The molecule has 1 aromatic heterocycles. The molecule has 194 valence electrons. The van der Waals surface area contributed by atoms with E-state index in [1.165, 1.54) is 37.0 Å². The van der Waals surface area contributed by atoms with Gasteiger partial charge in [-0.05, 0) is 82.6 Å². The van der Waals surface area contributed by atoms with E-state index in [2.05, 4.69) is 31.2 Å². The van der Waals surface area contributed by atoms with Crippen molar-refractivity contribution in [2.75, 3.05) is 27.6 Å². The summed E-state index contributed by atoms with van der Waals surface area (Å²) in [4.78, 5) is 12.9. The number of methoxy groups -OCH3 is 1. The Hall–Kier alpha value is -2.33. The Labute approximate surface area is 228 Å². The number of nitrogens with zero attached hydrogens (tertiary/aromatic N) is 2. The lowest BCUT2D eigenvalue weighted by atomic mass is 10.1. The van der Waals surface area contributed by atoms with E-state index in [1.807, 2.05) is 0 Å². The number of fused-ring (bicyclic) bond motifs is 1. The zero-order chi connectivity index (χ0) is 33.9. The maximum Gasteiger partial charge on any atom is 0.231 e. The molecule has 4 nitrogen and oxygen atoms in total. The van der Waals surface area contributed by atoms with Crippen LogP contribution in [0.3, 0.4) is 0 Å². The predicted molar refractivity (Wildman–Crippen MR) is 151 cm³/mol. The van der Waals surface area contributed by atoms with Crippen LogP contribution in [0.25, 0.3) is 10.9 Å². The number of benzene rings is 1. The van der Waals surface area contributed by atoms with Gasteiger partial charge >= 0.3 is 0 Å². The Kier molecular flexibility index (Phi) is 8.42. The molecule has 0 atom stereocenters. The lowest BCUT2D eigenvalue weighted by Gasteiger charge is -2.08. The molecule has 1 heterocycles. The molecule has 0 aliphatic rings. The minimum absolute atomic E-state index is 0.118. The third-order valence-electron chi connectivity index (χ3n) is 5.92. The van der Waals surface area contributed by atoms with Crippen molar-refractivity contribution in [3.05, 3.63) is 54.3 Å². The number of hydrogen-bond donors (Lipinski definition) is 0. The fraction of sp³-hybridized carbons (Fsp3) is 0.581. The van der Waals surface area contributed by atoms with Gasteiger partial charge in [-0.1, -0.05) is 63.3 Å². The van der Waals surface area contributed by atoms with Crippen molar-refractivity contribution in [1.29, 1.82) is 0 Å². The molecule has 1 aromatic carbocycles. The van der Waals surface area contributed by atoms with E-state index in [0.717, 1.165) is 51.1 Å². The van der Waals surface area contributed by atoms with Gasteiger partial charge < -0.3 is 9.64 Å². The van der Waals surface area contributed by atoms with Gasteiger partial charge in [0, 0.05) is 38.2 Å². The van der Waals surface area contributed by atoms with Crippen molar-refractivity contribution in [2.24, 2.45) is 0 Å². The van der Waals surface area contributed by atoms with E-state index < -0.39 is 31.7 Å². The normalized spacial score (nSPS) is 17.8. The van der Waals surface area contributed by atoms with Crippen LogP contribution < -0.4 is 4.74 Å². The van der Waals surface area contributed by atoms with Crippen LogP contribution >= 0.6 is 0 Å². The van der Waals surface area contributed by atoms with Crippen LogP contribution in [0, 0.1) is 0 Å². The van der Waals surface area contributed by atoms with Gasteiger partial charge in [0.15, 0.2) is 0 Å². The minimum Gasteiger partial charge on any atom is -0.497 e. The number of carbonyl (C=O) groups is 1. The van der Waals surface area contributed by atoms with Crippen LogP contribution in [0.5, 0.6) is 5.75 Å². The molecule has 0 radical (unpaired) electrons. The second-order valence-electron chi connectivity index (χ2n) is 8.74. The highest BCUT2D eigenvalue weighted by molar-refractivity contribution is 5.95. The smallest absolute Gasteiger partial charge is 0.231 e. The number of hydrogen-bond acceptors (Lipinski definition) is 3. The maximum absolute atomic E-state index is 13.3. The molecule has 0 saturated heterocycles. The predicted octanol–water partition coefficient (Wildman–Crippen LogP) is 8.21. The summed E-state index contributed by atoms with van der Waals surface area (Å²) in [7, 11) is 1.39. The SMILES string of the molecule is [2H]C([2H])([2H])N(C([2H])([2H])[2H])C([2H])([2H])C([2H])([2H])c1cn(C(=O)CCCCCCC/C=C\C/C=C\CCCCC)c2ccc(OC)cc12. The quantitative estimate of drug-likeness (QED) is 0.156. The van der Waals surface area contributed by atoms with Crippen LogP contribution in [-0.2, 0) is 6.37 Å². The van der Waals surface area contributed by atoms with Crippen LogP contribution in [0.4, 0.5) is 0 Å². The second-order valence-corrected chi connectivity index (χ2v) is 8.74. The molecule has 0 aliphatic carbocycles. The number of ether oxygens (including phenoxy) is 1. The number of carbonyl (C=O) groups excluding carboxylic acids is 1. The zero-order valence-corrected chi connectivity index (χ0v) is 21.3. The van der Waals surface area contributed by atoms with Gasteiger partial charge in [-0.3, -0.25) is 9.36 Å². The van der Waals surface area contributed by atoms with Crippen molar-refractivity contribution in [3.8, 4) is 5.75 Å². The van der Waals surface area contributed by atoms with Gasteiger partial charge in [0.2, 0.25) is 5.91 Å². The lowest BCUT2D eigenvalue weighted by molar-refractivity contribution is 0.0904. The first-order valence-corrected chi connectivity index (χ1v) is 12.8. The molecule has 0 saturated carbocycles. The summed E-state index contributed by atoms with van der Waals surface area (Å²) in [6.07, 6.45) is 18.4. The van der Waals surface area contributed by atoms with E-state index in [4.69, 9.17) is 18.4 Å². The summed E-state index contributed by atoms with van der Waals surface area (Å²) >= 11 is 0. The Bertz CT molecular complexity index is 1270. The molecule has 35 heavy (non-hydrogen) atoms. The molecular formula is C31H48N2O2. The van der Waals surface area contributed by atoms with Crippen molar-refractivity contribution in [1.82, 2.24) is 9.47 Å². The summed E-state index contributed by atoms with van der Waals surface area (Å²) in [6, 6.07) is 4.55. The van der Waals surface area contributed by atoms with Crippen molar-refractivity contribution in [3.63, 3.8) is 0 Å². The minimum atomic E-state index is -3.52. The van der Waals surface area contributed by atoms with Crippen molar-refractivity contribution >= 4 is 16.8 Å². The van der Waals surface area contributed by atoms with Crippen molar-refractivity contribution in [2.45, 2.75) is 90.3 Å². The third kappa shape index (κ3) is 10.9. The number of aryl methyl sites for hydroxylation is 1. The molecule has 2 rings (SSSR count). The van der Waals surface area contributed by atoms with Gasteiger partial charge in [-0.25, -0.2) is 0 Å². The van der Waals surface area contributed by atoms with Gasteiger partial charge in [0.05, 0.1) is 12.6 Å². The van der Waals surface area contributed by atoms with Gasteiger partial charge in [-0.15, -0.1) is 0 Å². The van der Waals surface area contributed by atoms with Crippen molar-refractivity contribution < 1.29 is 23.2 Å². The molecule has 0 unspecified atom stereocenters. The van der Waals surface area contributed by atoms with Gasteiger partial charge in [0.25, 0.3) is 0 Å². The molecule has 0 spiro atoms. The van der Waals surface area contributed by atoms with Gasteiger partial charge in [0.1, 0.15) is 5.75 Å². The molecule has 0 aliphatic heterocycles. The molecule has 0 fully saturated rings. The number of likely N-dealkylation sites (N-methyl/N-ethyl adjacent to an activating group) is 1. The summed E-state index contributed by atoms with van der Waals surface area (Å²) < 4.78 is 86.8. The Morgan fingerprint density at radius 2 is 1.74 bits per heavy atom. The summed E-state index contributed by atoms with van der Waals surface area (Å²) in [5.74, 6) is -0.0236. The Balaban J connectivity index is 2.08. The zero-order valence-electron chi connectivity index (χ0n) is 31.3. The van der Waals surface area contributed by atoms with E-state index in [1.54, 1.807) is 12.1 Å².